The van der Waals surface area contributed by atoms with Gasteiger partial charge in [0.1, 0.15) is 0 Å². The SMILES string of the molecule is CCCCCC(C)n1c(=S)[nH]c2cc(Cl)c(Cl)cc21. The molecule has 0 amide bonds. The lowest BCUT2D eigenvalue weighted by molar-refractivity contribution is 0.483. The van der Waals surface area contributed by atoms with Gasteiger partial charge in [0.2, 0.25) is 0 Å². The predicted octanol–water partition coefficient (Wildman–Crippen LogP) is 6.15. The third-order valence-corrected chi connectivity index (χ3v) is 4.45. The lowest BCUT2D eigenvalue weighted by Gasteiger charge is -2.14. The van der Waals surface area contributed by atoms with Crippen LogP contribution in [0, 0.1) is 4.77 Å². The van der Waals surface area contributed by atoms with Crippen LogP contribution in [-0.4, -0.2) is 9.55 Å². The van der Waals surface area contributed by atoms with Crippen molar-refractivity contribution in [2.45, 2.75) is 45.6 Å². The number of unbranched alkanes of at least 4 members (excludes halogenated alkanes) is 2. The minimum absolute atomic E-state index is 0.366. The van der Waals surface area contributed by atoms with E-state index in [2.05, 4.69) is 23.4 Å². The summed E-state index contributed by atoms with van der Waals surface area (Å²) in [5.41, 5.74) is 1.98. The van der Waals surface area contributed by atoms with E-state index in [-0.39, 0.29) is 0 Å². The van der Waals surface area contributed by atoms with Crippen molar-refractivity contribution in [3.63, 3.8) is 0 Å². The van der Waals surface area contributed by atoms with Crippen LogP contribution in [-0.2, 0) is 0 Å². The number of nitrogens with zero attached hydrogens (tertiary/aromatic N) is 1. The second-order valence-electron chi connectivity index (χ2n) is 4.93. The van der Waals surface area contributed by atoms with Gasteiger partial charge < -0.3 is 9.55 Å². The number of aromatic amines is 1. The molecule has 0 spiro atoms. The molecule has 2 nitrogen and oxygen atoms in total. The van der Waals surface area contributed by atoms with Crippen molar-refractivity contribution in [2.75, 3.05) is 0 Å². The van der Waals surface area contributed by atoms with Crippen LogP contribution in [0.2, 0.25) is 10.0 Å². The van der Waals surface area contributed by atoms with Crippen LogP contribution < -0.4 is 0 Å². The molecule has 5 heteroatoms. The minimum atomic E-state index is 0.366. The Labute approximate surface area is 128 Å². The largest absolute Gasteiger partial charge is 0.331 e. The first-order valence-electron chi connectivity index (χ1n) is 6.63. The first-order valence-corrected chi connectivity index (χ1v) is 7.80. The van der Waals surface area contributed by atoms with Crippen molar-refractivity contribution in [1.82, 2.24) is 9.55 Å². The summed E-state index contributed by atoms with van der Waals surface area (Å²) >= 11 is 17.6. The molecule has 1 atom stereocenters. The van der Waals surface area contributed by atoms with E-state index >= 15 is 0 Å². The van der Waals surface area contributed by atoms with Gasteiger partial charge in [0, 0.05) is 6.04 Å². The molecule has 2 rings (SSSR count). The molecule has 19 heavy (non-hydrogen) atoms. The van der Waals surface area contributed by atoms with Gasteiger partial charge in [-0.1, -0.05) is 49.4 Å². The Hall–Kier alpha value is -0.510. The summed E-state index contributed by atoms with van der Waals surface area (Å²) in [7, 11) is 0. The average Bonchev–Trinajstić information content (AvgIpc) is 2.65. The van der Waals surface area contributed by atoms with Crippen molar-refractivity contribution < 1.29 is 0 Å². The summed E-state index contributed by atoms with van der Waals surface area (Å²) in [4.78, 5) is 3.20. The Kier molecular flexibility index (Phi) is 4.93. The number of halogens is 2. The van der Waals surface area contributed by atoms with Gasteiger partial charge in [0.05, 0.1) is 21.1 Å². The number of benzene rings is 1. The maximum absolute atomic E-state index is 6.11. The van der Waals surface area contributed by atoms with Crippen LogP contribution in [0.25, 0.3) is 11.0 Å². The molecule has 1 N–H and O–H groups in total. The number of nitrogens with one attached hydrogen (secondary N) is 1. The van der Waals surface area contributed by atoms with Gasteiger partial charge in [-0.15, -0.1) is 0 Å². The standard InChI is InChI=1S/C14H18Cl2N2S/c1-3-4-5-6-9(2)18-13-8-11(16)10(15)7-12(13)17-14(18)19/h7-9H,3-6H2,1-2H3,(H,17,19). The zero-order valence-corrected chi connectivity index (χ0v) is 13.5. The van der Waals surface area contributed by atoms with E-state index in [9.17, 15) is 0 Å². The molecule has 1 aromatic carbocycles. The first kappa shape index (κ1) is 14.9. The third kappa shape index (κ3) is 3.15. The van der Waals surface area contributed by atoms with Gasteiger partial charge >= 0.3 is 0 Å². The van der Waals surface area contributed by atoms with Crippen LogP contribution in [0.15, 0.2) is 12.1 Å². The Bertz CT molecular complexity index is 630. The zero-order chi connectivity index (χ0) is 14.0. The first-order chi connectivity index (χ1) is 9.04. The van der Waals surface area contributed by atoms with Gasteiger partial charge in [-0.2, -0.15) is 0 Å². The maximum Gasteiger partial charge on any atom is 0.178 e. The fourth-order valence-electron chi connectivity index (χ4n) is 2.38. The normalized spacial score (nSPS) is 13.1. The number of hydrogen-bond donors (Lipinski definition) is 1. The van der Waals surface area contributed by atoms with Gasteiger partial charge in [0.25, 0.3) is 0 Å². The number of rotatable bonds is 5. The minimum Gasteiger partial charge on any atom is -0.331 e. The van der Waals surface area contributed by atoms with Crippen LogP contribution in [0.5, 0.6) is 0 Å². The Morgan fingerprint density at radius 2 is 1.95 bits per heavy atom. The van der Waals surface area contributed by atoms with Crippen molar-refractivity contribution in [3.8, 4) is 0 Å². The van der Waals surface area contributed by atoms with Gasteiger partial charge in [0.15, 0.2) is 4.77 Å². The van der Waals surface area contributed by atoms with Gasteiger partial charge in [-0.3, -0.25) is 0 Å². The zero-order valence-electron chi connectivity index (χ0n) is 11.2. The lowest BCUT2D eigenvalue weighted by Crippen LogP contribution is -2.05. The van der Waals surface area contributed by atoms with Gasteiger partial charge in [-0.05, 0) is 37.7 Å². The number of H-pyrrole nitrogens is 1. The van der Waals surface area contributed by atoms with Crippen LogP contribution in [0.4, 0.5) is 0 Å². The van der Waals surface area contributed by atoms with Crippen molar-refractivity contribution in [1.29, 1.82) is 0 Å². The molecule has 1 unspecified atom stereocenters. The molecule has 0 aliphatic carbocycles. The van der Waals surface area contributed by atoms with Crippen LogP contribution >= 0.6 is 35.4 Å². The fraction of sp³-hybridized carbons (Fsp3) is 0.500. The molecule has 0 aliphatic heterocycles. The summed E-state index contributed by atoms with van der Waals surface area (Å²) in [6.07, 6.45) is 4.82. The highest BCUT2D eigenvalue weighted by atomic mass is 35.5. The van der Waals surface area contributed by atoms with Crippen molar-refractivity contribution >= 4 is 46.5 Å². The molecule has 0 saturated heterocycles. The topological polar surface area (TPSA) is 20.7 Å². The molecule has 1 aromatic heterocycles. The molecular formula is C14H18Cl2N2S. The second kappa shape index (κ2) is 6.29. The summed E-state index contributed by atoms with van der Waals surface area (Å²) in [6, 6.07) is 4.09. The molecule has 0 bridgehead atoms. The smallest absolute Gasteiger partial charge is 0.178 e. The Morgan fingerprint density at radius 3 is 2.63 bits per heavy atom. The molecule has 0 aliphatic rings. The highest BCUT2D eigenvalue weighted by Gasteiger charge is 2.12. The maximum atomic E-state index is 6.11. The Balaban J connectivity index is 2.39. The van der Waals surface area contributed by atoms with E-state index in [1.807, 2.05) is 12.1 Å². The summed E-state index contributed by atoms with van der Waals surface area (Å²) < 4.78 is 2.88. The highest BCUT2D eigenvalue weighted by Crippen LogP contribution is 2.30. The van der Waals surface area contributed by atoms with Crippen LogP contribution in [0.3, 0.4) is 0 Å². The van der Waals surface area contributed by atoms with Crippen molar-refractivity contribution in [2.24, 2.45) is 0 Å². The van der Waals surface area contributed by atoms with E-state index < -0.39 is 0 Å². The predicted molar refractivity (Wildman–Crippen MR) is 86.0 cm³/mol. The quantitative estimate of drug-likeness (QED) is 0.518. The average molecular weight is 317 g/mol. The van der Waals surface area contributed by atoms with Crippen molar-refractivity contribution in [3.05, 3.63) is 26.9 Å². The molecule has 1 heterocycles. The summed E-state index contributed by atoms with van der Waals surface area (Å²) in [6.45, 7) is 4.41. The van der Waals surface area contributed by atoms with E-state index in [4.69, 9.17) is 35.4 Å². The highest BCUT2D eigenvalue weighted by molar-refractivity contribution is 7.71. The number of aromatic nitrogens is 2. The lowest BCUT2D eigenvalue weighted by atomic mass is 10.1. The van der Waals surface area contributed by atoms with Gasteiger partial charge in [-0.25, -0.2) is 0 Å². The molecular weight excluding hydrogens is 299 g/mol. The monoisotopic (exact) mass is 316 g/mol. The van der Waals surface area contributed by atoms with E-state index in [0.29, 0.717) is 16.1 Å². The molecule has 2 aromatic rings. The third-order valence-electron chi connectivity index (χ3n) is 3.42. The summed E-state index contributed by atoms with van der Waals surface area (Å²) in [5.74, 6) is 0. The number of imidazole rings is 1. The van der Waals surface area contributed by atoms with E-state index in [1.54, 1.807) is 0 Å². The molecule has 104 valence electrons. The molecule has 0 saturated carbocycles. The van der Waals surface area contributed by atoms with E-state index in [1.165, 1.54) is 19.3 Å². The second-order valence-corrected chi connectivity index (χ2v) is 6.13. The molecule has 0 radical (unpaired) electrons. The number of fused-ring (bicyclic) bond motifs is 1. The van der Waals surface area contributed by atoms with E-state index in [0.717, 1.165) is 22.2 Å². The van der Waals surface area contributed by atoms with Crippen LogP contribution in [0.1, 0.15) is 45.6 Å². The summed E-state index contributed by atoms with van der Waals surface area (Å²) in [5, 5.41) is 1.12. The Morgan fingerprint density at radius 1 is 1.26 bits per heavy atom. The number of hydrogen-bond acceptors (Lipinski definition) is 1. The fourth-order valence-corrected chi connectivity index (χ4v) is 3.09. The molecule has 0 fully saturated rings.